The molecule has 0 aliphatic heterocycles. The van der Waals surface area contributed by atoms with Crippen molar-refractivity contribution in [1.82, 2.24) is 0 Å². The van der Waals surface area contributed by atoms with Crippen molar-refractivity contribution in [2.24, 2.45) is 5.92 Å². The molecule has 0 fully saturated rings. The fourth-order valence-electron chi connectivity index (χ4n) is 0.454. The van der Waals surface area contributed by atoms with Crippen LogP contribution in [0.4, 0.5) is 0 Å². The van der Waals surface area contributed by atoms with Gasteiger partial charge in [-0.1, -0.05) is 0 Å². The van der Waals surface area contributed by atoms with Gasteiger partial charge in [-0.25, -0.2) is 0 Å². The quantitative estimate of drug-likeness (QED) is 0.438. The van der Waals surface area contributed by atoms with E-state index in [-0.39, 0.29) is 5.78 Å². The predicted octanol–water partition coefficient (Wildman–Crippen LogP) is 0.930. The van der Waals surface area contributed by atoms with Gasteiger partial charge < -0.3 is 0 Å². The molecule has 1 atom stereocenters. The topological polar surface area (TPSA) is 34.1 Å². The molecule has 0 bridgehead atoms. The minimum absolute atomic E-state index is 0.161. The van der Waals surface area contributed by atoms with Crippen LogP contribution in [0.1, 0.15) is 13.3 Å². The number of alkyl halides is 1. The summed E-state index contributed by atoms with van der Waals surface area (Å²) in [6.07, 6.45) is 2.02. The zero-order valence-electron chi connectivity index (χ0n) is 5.19. The number of carbonyl (C=O) groups is 1. The maximum Gasteiger partial charge on any atom is 0.209 e. The van der Waals surface area contributed by atoms with E-state index < -0.39 is 5.92 Å². The van der Waals surface area contributed by atoms with Crippen LogP contribution in [-0.4, -0.2) is 17.9 Å². The maximum absolute atomic E-state index is 10.4. The molecule has 0 saturated heterocycles. The SMILES string of the molecule is CC(=O)C([C]=O)CCCl. The third-order valence-electron chi connectivity index (χ3n) is 1.03. The Hall–Kier alpha value is -0.370. The first-order chi connectivity index (χ1) is 4.22. The highest BCUT2D eigenvalue weighted by Gasteiger charge is 2.11. The van der Waals surface area contributed by atoms with Crippen LogP contribution in [0.2, 0.25) is 0 Å². The minimum Gasteiger partial charge on any atom is -0.299 e. The molecular weight excluding hydrogens is 140 g/mol. The molecule has 0 amide bonds. The number of rotatable bonds is 4. The van der Waals surface area contributed by atoms with Gasteiger partial charge in [-0.05, 0) is 13.3 Å². The Balaban J connectivity index is 3.68. The van der Waals surface area contributed by atoms with Crippen molar-refractivity contribution in [3.05, 3.63) is 0 Å². The number of hydrogen-bond donors (Lipinski definition) is 0. The zero-order chi connectivity index (χ0) is 7.28. The second kappa shape index (κ2) is 4.50. The second-order valence-electron chi connectivity index (χ2n) is 1.76. The van der Waals surface area contributed by atoms with Gasteiger partial charge in [0.2, 0.25) is 6.29 Å². The standard InChI is InChI=1S/C6H8ClO2/c1-5(9)6(4-8)2-3-7/h6H,2-3H2,1H3. The van der Waals surface area contributed by atoms with Crippen LogP contribution in [0.25, 0.3) is 0 Å². The van der Waals surface area contributed by atoms with E-state index in [2.05, 4.69) is 0 Å². The molecule has 0 aromatic carbocycles. The third kappa shape index (κ3) is 3.25. The van der Waals surface area contributed by atoms with Gasteiger partial charge in [-0.2, -0.15) is 0 Å². The number of carbonyl (C=O) groups excluding carboxylic acids is 2. The summed E-state index contributed by atoms with van der Waals surface area (Å²) in [4.78, 5) is 20.4. The average molecular weight is 148 g/mol. The van der Waals surface area contributed by atoms with Crippen LogP contribution < -0.4 is 0 Å². The van der Waals surface area contributed by atoms with E-state index in [0.29, 0.717) is 12.3 Å². The fraction of sp³-hybridized carbons (Fsp3) is 0.667. The van der Waals surface area contributed by atoms with Crippen LogP contribution in [-0.2, 0) is 9.59 Å². The Labute approximate surface area is 59.2 Å². The van der Waals surface area contributed by atoms with Crippen molar-refractivity contribution < 1.29 is 9.59 Å². The number of hydrogen-bond acceptors (Lipinski definition) is 2. The van der Waals surface area contributed by atoms with Crippen molar-refractivity contribution >= 4 is 23.7 Å². The molecule has 2 nitrogen and oxygen atoms in total. The van der Waals surface area contributed by atoms with Crippen molar-refractivity contribution in [2.45, 2.75) is 13.3 Å². The molecule has 0 rings (SSSR count). The zero-order valence-corrected chi connectivity index (χ0v) is 5.94. The van der Waals surface area contributed by atoms with Gasteiger partial charge in [0.1, 0.15) is 5.78 Å². The van der Waals surface area contributed by atoms with Gasteiger partial charge in [-0.15, -0.1) is 11.6 Å². The molecule has 1 unspecified atom stereocenters. The fourth-order valence-corrected chi connectivity index (χ4v) is 0.672. The second-order valence-corrected chi connectivity index (χ2v) is 2.14. The molecule has 9 heavy (non-hydrogen) atoms. The molecule has 0 N–H and O–H groups in total. The predicted molar refractivity (Wildman–Crippen MR) is 35.2 cm³/mol. The van der Waals surface area contributed by atoms with E-state index in [9.17, 15) is 9.59 Å². The highest BCUT2D eigenvalue weighted by Crippen LogP contribution is 2.01. The first-order valence-electron chi connectivity index (χ1n) is 2.66. The maximum atomic E-state index is 10.4. The van der Waals surface area contributed by atoms with Gasteiger partial charge in [0.15, 0.2) is 0 Å². The number of Topliss-reactive ketones (excluding diaryl/α,β-unsaturated/α-hetero) is 1. The Morgan fingerprint density at radius 3 is 2.44 bits per heavy atom. The average Bonchev–Trinajstić information content (AvgIpc) is 1.82. The van der Waals surface area contributed by atoms with Gasteiger partial charge in [0.25, 0.3) is 0 Å². The van der Waals surface area contributed by atoms with E-state index in [1.807, 2.05) is 0 Å². The molecular formula is C6H8ClO2. The van der Waals surface area contributed by atoms with E-state index in [1.165, 1.54) is 6.92 Å². The summed E-state index contributed by atoms with van der Waals surface area (Å²) in [5.74, 6) is -0.437. The van der Waals surface area contributed by atoms with E-state index in [1.54, 1.807) is 6.29 Å². The monoisotopic (exact) mass is 147 g/mol. The van der Waals surface area contributed by atoms with Crippen LogP contribution >= 0.6 is 11.6 Å². The molecule has 1 radical (unpaired) electrons. The Bertz CT molecular complexity index is 112. The van der Waals surface area contributed by atoms with Crippen molar-refractivity contribution in [3.63, 3.8) is 0 Å². The van der Waals surface area contributed by atoms with Crippen molar-refractivity contribution in [2.75, 3.05) is 5.88 Å². The Kier molecular flexibility index (Phi) is 4.32. The van der Waals surface area contributed by atoms with Gasteiger partial charge in [0, 0.05) is 5.88 Å². The van der Waals surface area contributed by atoms with E-state index in [4.69, 9.17) is 11.6 Å². The summed E-state index contributed by atoms with van der Waals surface area (Å²) in [6, 6.07) is 0. The molecule has 0 spiro atoms. The van der Waals surface area contributed by atoms with Crippen LogP contribution in [0, 0.1) is 5.92 Å². The summed E-state index contributed by atoms with van der Waals surface area (Å²) in [5.41, 5.74) is 0. The lowest BCUT2D eigenvalue weighted by atomic mass is 10.1. The summed E-state index contributed by atoms with van der Waals surface area (Å²) < 4.78 is 0. The molecule has 3 heteroatoms. The van der Waals surface area contributed by atoms with Gasteiger partial charge in [0.05, 0.1) is 5.92 Å². The van der Waals surface area contributed by atoms with Gasteiger partial charge in [-0.3, -0.25) is 9.59 Å². The summed E-state index contributed by atoms with van der Waals surface area (Å²) >= 11 is 5.29. The number of halogens is 1. The molecule has 0 aliphatic carbocycles. The van der Waals surface area contributed by atoms with Crippen LogP contribution in [0.3, 0.4) is 0 Å². The molecule has 0 heterocycles. The number of ketones is 1. The first kappa shape index (κ1) is 8.63. The van der Waals surface area contributed by atoms with Crippen LogP contribution in [0.5, 0.6) is 0 Å². The van der Waals surface area contributed by atoms with Crippen molar-refractivity contribution in [1.29, 1.82) is 0 Å². The van der Waals surface area contributed by atoms with Crippen molar-refractivity contribution in [3.8, 4) is 0 Å². The van der Waals surface area contributed by atoms with Gasteiger partial charge >= 0.3 is 0 Å². The Morgan fingerprint density at radius 1 is 1.78 bits per heavy atom. The molecule has 0 aromatic heterocycles. The molecule has 0 aromatic rings. The largest absolute Gasteiger partial charge is 0.299 e. The lowest BCUT2D eigenvalue weighted by molar-refractivity contribution is -0.118. The lowest BCUT2D eigenvalue weighted by Crippen LogP contribution is -2.12. The highest BCUT2D eigenvalue weighted by atomic mass is 35.5. The van der Waals surface area contributed by atoms with Crippen LogP contribution in [0.15, 0.2) is 0 Å². The third-order valence-corrected chi connectivity index (χ3v) is 1.25. The smallest absolute Gasteiger partial charge is 0.209 e. The van der Waals surface area contributed by atoms with E-state index in [0.717, 1.165) is 0 Å². The highest BCUT2D eigenvalue weighted by molar-refractivity contribution is 6.18. The Morgan fingerprint density at radius 2 is 2.33 bits per heavy atom. The first-order valence-corrected chi connectivity index (χ1v) is 3.20. The normalized spacial score (nSPS) is 12.7. The lowest BCUT2D eigenvalue weighted by Gasteiger charge is -1.98. The minimum atomic E-state index is -0.609. The summed E-state index contributed by atoms with van der Waals surface area (Å²) in [5, 5.41) is 0. The molecule has 0 aliphatic rings. The molecule has 51 valence electrons. The van der Waals surface area contributed by atoms with E-state index >= 15 is 0 Å². The summed E-state index contributed by atoms with van der Waals surface area (Å²) in [6.45, 7) is 1.36. The molecule has 0 saturated carbocycles. The summed E-state index contributed by atoms with van der Waals surface area (Å²) in [7, 11) is 0.